The van der Waals surface area contributed by atoms with Crippen molar-refractivity contribution in [2.75, 3.05) is 26.2 Å². The van der Waals surface area contributed by atoms with E-state index >= 15 is 0 Å². The van der Waals surface area contributed by atoms with E-state index in [0.717, 1.165) is 55.1 Å². The first-order valence-corrected chi connectivity index (χ1v) is 10.5. The van der Waals surface area contributed by atoms with E-state index in [1.54, 1.807) is 4.52 Å². The van der Waals surface area contributed by atoms with E-state index in [1.807, 2.05) is 49.1 Å². The van der Waals surface area contributed by atoms with Crippen LogP contribution in [0.2, 0.25) is 0 Å². The van der Waals surface area contributed by atoms with Gasteiger partial charge in [-0.05, 0) is 44.5 Å². The zero-order valence-electron chi connectivity index (χ0n) is 16.2. The Kier molecular flexibility index (Phi) is 5.59. The van der Waals surface area contributed by atoms with Gasteiger partial charge >= 0.3 is 0 Å². The van der Waals surface area contributed by atoms with Crippen molar-refractivity contribution in [3.05, 3.63) is 52.8 Å². The van der Waals surface area contributed by atoms with Gasteiger partial charge in [-0.25, -0.2) is 9.50 Å². The Bertz CT molecular complexity index is 994. The van der Waals surface area contributed by atoms with Crippen LogP contribution in [0.4, 0.5) is 0 Å². The van der Waals surface area contributed by atoms with Crippen molar-refractivity contribution in [3.8, 4) is 0 Å². The summed E-state index contributed by atoms with van der Waals surface area (Å²) in [5.74, 6) is 1.36. The Morgan fingerprint density at radius 2 is 2.04 bits per heavy atom. The Morgan fingerprint density at radius 3 is 2.93 bits per heavy atom. The fraction of sp³-hybridized carbons (Fsp3) is 0.400. The van der Waals surface area contributed by atoms with Gasteiger partial charge in [0.25, 0.3) is 11.7 Å². The van der Waals surface area contributed by atoms with Crippen LogP contribution < -0.4 is 5.32 Å². The molecule has 2 aromatic heterocycles. The van der Waals surface area contributed by atoms with Crippen molar-refractivity contribution >= 4 is 23.4 Å². The maximum absolute atomic E-state index is 13.1. The zero-order valence-corrected chi connectivity index (χ0v) is 17.0. The van der Waals surface area contributed by atoms with Crippen LogP contribution in [0.1, 0.15) is 33.7 Å². The Labute approximate surface area is 168 Å². The molecule has 0 saturated carbocycles. The fourth-order valence-electron chi connectivity index (χ4n) is 3.43. The lowest BCUT2D eigenvalue weighted by Crippen LogP contribution is -2.34. The SMILES string of the molecule is Cc1cc(C)n2nc(SCc3ccccc3C(=O)N3CCCNCC3)nc2n1. The molecule has 3 heterocycles. The molecule has 1 amide bonds. The zero-order chi connectivity index (χ0) is 19.5. The summed E-state index contributed by atoms with van der Waals surface area (Å²) in [7, 11) is 0. The van der Waals surface area contributed by atoms with Crippen LogP contribution in [0, 0.1) is 13.8 Å². The average molecular weight is 397 g/mol. The number of carbonyl (C=O) groups is 1. The highest BCUT2D eigenvalue weighted by Crippen LogP contribution is 2.23. The second kappa shape index (κ2) is 8.28. The second-order valence-electron chi connectivity index (χ2n) is 6.99. The average Bonchev–Trinajstić information content (AvgIpc) is 2.91. The number of aromatic nitrogens is 4. The normalized spacial score (nSPS) is 15.0. The number of hydrogen-bond donors (Lipinski definition) is 1. The summed E-state index contributed by atoms with van der Waals surface area (Å²) in [6, 6.07) is 9.82. The summed E-state index contributed by atoms with van der Waals surface area (Å²) >= 11 is 1.53. The number of thioether (sulfide) groups is 1. The minimum absolute atomic E-state index is 0.107. The minimum atomic E-state index is 0.107. The summed E-state index contributed by atoms with van der Waals surface area (Å²) in [6.07, 6.45) is 0.986. The van der Waals surface area contributed by atoms with Crippen LogP contribution in [-0.4, -0.2) is 56.6 Å². The molecule has 1 aliphatic heterocycles. The molecule has 1 aromatic carbocycles. The van der Waals surface area contributed by atoms with E-state index in [-0.39, 0.29) is 5.91 Å². The third-order valence-electron chi connectivity index (χ3n) is 4.83. The van der Waals surface area contributed by atoms with Crippen LogP contribution in [-0.2, 0) is 5.75 Å². The maximum Gasteiger partial charge on any atom is 0.254 e. The Hall–Kier alpha value is -2.45. The number of carbonyl (C=O) groups excluding carboxylic acids is 1. The van der Waals surface area contributed by atoms with Crippen molar-refractivity contribution in [2.24, 2.45) is 0 Å². The third-order valence-corrected chi connectivity index (χ3v) is 5.72. The highest BCUT2D eigenvalue weighted by Gasteiger charge is 2.20. The number of nitrogens with one attached hydrogen (secondary N) is 1. The number of rotatable bonds is 4. The van der Waals surface area contributed by atoms with Crippen molar-refractivity contribution in [2.45, 2.75) is 31.2 Å². The van der Waals surface area contributed by atoms with E-state index in [0.29, 0.717) is 16.7 Å². The van der Waals surface area contributed by atoms with Crippen LogP contribution in [0.15, 0.2) is 35.5 Å². The van der Waals surface area contributed by atoms with Gasteiger partial charge in [-0.2, -0.15) is 4.98 Å². The molecule has 1 aliphatic rings. The summed E-state index contributed by atoms with van der Waals surface area (Å²) < 4.78 is 1.76. The van der Waals surface area contributed by atoms with E-state index in [4.69, 9.17) is 0 Å². The van der Waals surface area contributed by atoms with Gasteiger partial charge in [0.1, 0.15) is 0 Å². The number of fused-ring (bicyclic) bond motifs is 1. The molecule has 0 spiro atoms. The molecule has 28 heavy (non-hydrogen) atoms. The first-order chi connectivity index (χ1) is 13.6. The molecule has 1 saturated heterocycles. The lowest BCUT2D eigenvalue weighted by molar-refractivity contribution is 0.0765. The van der Waals surface area contributed by atoms with E-state index in [2.05, 4.69) is 20.4 Å². The summed E-state index contributed by atoms with van der Waals surface area (Å²) in [5, 5.41) is 8.56. The summed E-state index contributed by atoms with van der Waals surface area (Å²) in [5.41, 5.74) is 3.71. The first-order valence-electron chi connectivity index (χ1n) is 9.53. The largest absolute Gasteiger partial charge is 0.337 e. The Balaban J connectivity index is 1.52. The molecule has 146 valence electrons. The van der Waals surface area contributed by atoms with Crippen LogP contribution in [0.25, 0.3) is 5.78 Å². The molecule has 0 bridgehead atoms. The van der Waals surface area contributed by atoms with Gasteiger partial charge < -0.3 is 10.2 Å². The quantitative estimate of drug-likeness (QED) is 0.683. The van der Waals surface area contributed by atoms with Gasteiger partial charge in [-0.1, -0.05) is 30.0 Å². The van der Waals surface area contributed by atoms with Gasteiger partial charge in [-0.15, -0.1) is 5.10 Å². The van der Waals surface area contributed by atoms with Crippen molar-refractivity contribution in [1.82, 2.24) is 29.8 Å². The molecule has 7 nitrogen and oxygen atoms in total. The smallest absolute Gasteiger partial charge is 0.254 e. The highest BCUT2D eigenvalue weighted by atomic mass is 32.2. The highest BCUT2D eigenvalue weighted by molar-refractivity contribution is 7.98. The number of benzene rings is 1. The predicted octanol–water partition coefficient (Wildman–Crippen LogP) is 2.47. The standard InChI is InChI=1S/C20H24N6OS/c1-14-12-15(2)26-19(22-14)23-20(24-26)28-13-16-6-3-4-7-17(16)18(27)25-10-5-8-21-9-11-25/h3-4,6-7,12,21H,5,8-11,13H2,1-2H3. The monoisotopic (exact) mass is 396 g/mol. The molecule has 0 unspecified atom stereocenters. The second-order valence-corrected chi connectivity index (χ2v) is 7.93. The lowest BCUT2D eigenvalue weighted by Gasteiger charge is -2.21. The first kappa shape index (κ1) is 18.9. The number of nitrogens with zero attached hydrogens (tertiary/aromatic N) is 5. The number of hydrogen-bond acceptors (Lipinski definition) is 6. The van der Waals surface area contributed by atoms with Gasteiger partial charge in [0, 0.05) is 42.3 Å². The molecule has 3 aromatic rings. The molecular formula is C20H24N6OS. The minimum Gasteiger partial charge on any atom is -0.337 e. The number of aryl methyl sites for hydroxylation is 2. The third kappa shape index (κ3) is 4.02. The van der Waals surface area contributed by atoms with Crippen LogP contribution >= 0.6 is 11.8 Å². The molecule has 1 fully saturated rings. The molecule has 8 heteroatoms. The van der Waals surface area contributed by atoms with Gasteiger partial charge in [0.2, 0.25) is 5.16 Å². The van der Waals surface area contributed by atoms with Crippen molar-refractivity contribution in [1.29, 1.82) is 0 Å². The molecule has 0 radical (unpaired) electrons. The van der Waals surface area contributed by atoms with Crippen LogP contribution in [0.5, 0.6) is 0 Å². The molecule has 4 rings (SSSR count). The predicted molar refractivity (Wildman–Crippen MR) is 110 cm³/mol. The lowest BCUT2D eigenvalue weighted by atomic mass is 10.1. The maximum atomic E-state index is 13.1. The van der Waals surface area contributed by atoms with Gasteiger partial charge in [-0.3, -0.25) is 4.79 Å². The summed E-state index contributed by atoms with van der Waals surface area (Å²) in [4.78, 5) is 24.0. The van der Waals surface area contributed by atoms with Crippen LogP contribution in [0.3, 0.4) is 0 Å². The summed E-state index contributed by atoms with van der Waals surface area (Å²) in [6.45, 7) is 7.31. The topological polar surface area (TPSA) is 75.4 Å². The van der Waals surface area contributed by atoms with Gasteiger partial charge in [0.05, 0.1) is 0 Å². The number of amides is 1. The molecular weight excluding hydrogens is 372 g/mol. The molecule has 0 atom stereocenters. The Morgan fingerprint density at radius 1 is 1.18 bits per heavy atom. The van der Waals surface area contributed by atoms with E-state index in [1.165, 1.54) is 11.8 Å². The van der Waals surface area contributed by atoms with Gasteiger partial charge in [0.15, 0.2) is 0 Å². The van der Waals surface area contributed by atoms with Crippen molar-refractivity contribution in [3.63, 3.8) is 0 Å². The fourth-order valence-corrected chi connectivity index (χ4v) is 4.25. The molecule has 0 aliphatic carbocycles. The molecule has 1 N–H and O–H groups in total. The van der Waals surface area contributed by atoms with E-state index in [9.17, 15) is 4.79 Å². The van der Waals surface area contributed by atoms with Crippen molar-refractivity contribution < 1.29 is 4.79 Å². The van der Waals surface area contributed by atoms with E-state index < -0.39 is 0 Å².